The number of rotatable bonds is 4. The zero-order chi connectivity index (χ0) is 16.4. The average Bonchev–Trinajstić information content (AvgIpc) is 2.96. The van der Waals surface area contributed by atoms with E-state index in [1.807, 2.05) is 5.38 Å². The Morgan fingerprint density at radius 2 is 2.26 bits per heavy atom. The van der Waals surface area contributed by atoms with E-state index in [2.05, 4.69) is 12.2 Å². The van der Waals surface area contributed by atoms with Gasteiger partial charge in [-0.25, -0.2) is 4.79 Å². The second-order valence-electron chi connectivity index (χ2n) is 6.67. The van der Waals surface area contributed by atoms with Gasteiger partial charge >= 0.3 is 5.97 Å². The number of carbonyl (C=O) groups excluding carboxylic acids is 1. The average molecular weight is 337 g/mol. The number of hydrogen-bond acceptors (Lipinski definition) is 4. The highest BCUT2D eigenvalue weighted by Crippen LogP contribution is 2.33. The second kappa shape index (κ2) is 7.01. The van der Waals surface area contributed by atoms with Crippen LogP contribution in [0, 0.1) is 11.8 Å². The number of carboxylic acid groups (broad SMARTS) is 1. The van der Waals surface area contributed by atoms with Crippen LogP contribution >= 0.6 is 11.3 Å². The van der Waals surface area contributed by atoms with Crippen LogP contribution in [0.15, 0.2) is 5.38 Å². The molecule has 0 bridgehead atoms. The molecule has 3 unspecified atom stereocenters. The molecule has 0 aromatic carbocycles. The Morgan fingerprint density at radius 3 is 2.96 bits per heavy atom. The molecule has 0 radical (unpaired) electrons. The molecule has 1 aromatic heterocycles. The molecule has 2 aliphatic rings. The Bertz CT molecular complexity index is 591. The van der Waals surface area contributed by atoms with E-state index < -0.39 is 12.0 Å². The molecule has 6 heteroatoms. The van der Waals surface area contributed by atoms with E-state index >= 15 is 0 Å². The summed E-state index contributed by atoms with van der Waals surface area (Å²) in [5, 5.41) is 14.1. The number of ether oxygens (including phenoxy) is 1. The maximum Gasteiger partial charge on any atom is 0.326 e. The van der Waals surface area contributed by atoms with Gasteiger partial charge in [-0.1, -0.05) is 6.92 Å². The van der Waals surface area contributed by atoms with Gasteiger partial charge in [0, 0.05) is 22.8 Å². The van der Waals surface area contributed by atoms with Crippen LogP contribution in [0.4, 0.5) is 0 Å². The quantitative estimate of drug-likeness (QED) is 0.885. The lowest BCUT2D eigenvalue weighted by Crippen LogP contribution is -2.48. The zero-order valence-electron chi connectivity index (χ0n) is 13.3. The lowest BCUT2D eigenvalue weighted by molar-refractivity contribution is -0.142. The van der Waals surface area contributed by atoms with Gasteiger partial charge in [-0.3, -0.25) is 4.79 Å². The molecule has 1 aromatic rings. The van der Waals surface area contributed by atoms with Crippen LogP contribution in [-0.4, -0.2) is 36.2 Å². The molecule has 2 N–H and O–H groups in total. The number of aliphatic carboxylic acids is 1. The fourth-order valence-electron chi connectivity index (χ4n) is 3.50. The van der Waals surface area contributed by atoms with Crippen LogP contribution in [0.1, 0.15) is 47.0 Å². The van der Waals surface area contributed by atoms with Crippen LogP contribution in [0.25, 0.3) is 0 Å². The van der Waals surface area contributed by atoms with Crippen molar-refractivity contribution < 1.29 is 19.4 Å². The fraction of sp³-hybridized carbons (Fsp3) is 0.647. The summed E-state index contributed by atoms with van der Waals surface area (Å²) in [6.45, 7) is 3.30. The van der Waals surface area contributed by atoms with Crippen molar-refractivity contribution in [2.75, 3.05) is 13.2 Å². The van der Waals surface area contributed by atoms with Gasteiger partial charge in [0.05, 0.1) is 12.2 Å². The first-order chi connectivity index (χ1) is 11.1. The molecular weight excluding hydrogens is 314 g/mol. The van der Waals surface area contributed by atoms with Crippen molar-refractivity contribution in [2.45, 2.75) is 45.1 Å². The lowest BCUT2D eigenvalue weighted by Gasteiger charge is -2.28. The zero-order valence-corrected chi connectivity index (χ0v) is 14.2. The van der Waals surface area contributed by atoms with Crippen molar-refractivity contribution in [1.82, 2.24) is 5.32 Å². The molecule has 126 valence electrons. The number of hydrogen-bond donors (Lipinski definition) is 2. The largest absolute Gasteiger partial charge is 0.480 e. The highest BCUT2D eigenvalue weighted by molar-refractivity contribution is 7.10. The van der Waals surface area contributed by atoms with Crippen LogP contribution in [-0.2, 0) is 22.4 Å². The molecule has 2 heterocycles. The highest BCUT2D eigenvalue weighted by Gasteiger charge is 2.33. The first-order valence-corrected chi connectivity index (χ1v) is 9.15. The van der Waals surface area contributed by atoms with Gasteiger partial charge in [-0.2, -0.15) is 0 Å². The van der Waals surface area contributed by atoms with Gasteiger partial charge in [-0.05, 0) is 43.6 Å². The second-order valence-corrected chi connectivity index (χ2v) is 7.63. The van der Waals surface area contributed by atoms with E-state index in [9.17, 15) is 14.7 Å². The standard InChI is InChI=1S/C17H23NO4S/c1-10-4-5-12-13(9-23-14(12)7-10)16(19)18-15(17(20)21)11-3-2-6-22-8-11/h9-11,15H,2-8H2,1H3,(H,18,19)(H,20,21). The summed E-state index contributed by atoms with van der Waals surface area (Å²) in [7, 11) is 0. The van der Waals surface area contributed by atoms with Gasteiger partial charge < -0.3 is 15.2 Å². The number of fused-ring (bicyclic) bond motifs is 1. The first kappa shape index (κ1) is 16.5. The van der Waals surface area contributed by atoms with Gasteiger partial charge in [-0.15, -0.1) is 11.3 Å². The number of nitrogens with one attached hydrogen (secondary N) is 1. The number of carbonyl (C=O) groups is 2. The number of amides is 1. The summed E-state index contributed by atoms with van der Waals surface area (Å²) in [5.41, 5.74) is 1.79. The normalized spacial score (nSPS) is 25.4. The first-order valence-electron chi connectivity index (χ1n) is 8.27. The molecular formula is C17H23NO4S. The van der Waals surface area contributed by atoms with Crippen molar-refractivity contribution in [2.24, 2.45) is 11.8 Å². The molecule has 3 atom stereocenters. The van der Waals surface area contributed by atoms with E-state index in [4.69, 9.17) is 4.74 Å². The smallest absolute Gasteiger partial charge is 0.326 e. The predicted octanol–water partition coefficient (Wildman–Crippen LogP) is 2.48. The molecule has 1 aliphatic heterocycles. The van der Waals surface area contributed by atoms with Crippen LogP contribution in [0.2, 0.25) is 0 Å². The number of thiophene rings is 1. The summed E-state index contributed by atoms with van der Waals surface area (Å²) in [6, 6.07) is -0.874. The van der Waals surface area contributed by atoms with Gasteiger partial charge in [0.1, 0.15) is 6.04 Å². The van der Waals surface area contributed by atoms with Gasteiger partial charge in [0.25, 0.3) is 5.91 Å². The SMILES string of the molecule is CC1CCc2c(C(=O)NC(C(=O)O)C3CCCOC3)csc2C1. The van der Waals surface area contributed by atoms with E-state index in [0.717, 1.165) is 37.7 Å². The predicted molar refractivity (Wildman–Crippen MR) is 87.9 cm³/mol. The van der Waals surface area contributed by atoms with Gasteiger partial charge in [0.15, 0.2) is 0 Å². The van der Waals surface area contributed by atoms with Crippen molar-refractivity contribution in [3.05, 3.63) is 21.4 Å². The van der Waals surface area contributed by atoms with Crippen molar-refractivity contribution in [1.29, 1.82) is 0 Å². The van der Waals surface area contributed by atoms with E-state index in [0.29, 0.717) is 24.7 Å². The Morgan fingerprint density at radius 1 is 1.43 bits per heavy atom. The number of carboxylic acids is 1. The van der Waals surface area contributed by atoms with Crippen LogP contribution in [0.3, 0.4) is 0 Å². The Kier molecular flexibility index (Phi) is 5.02. The van der Waals surface area contributed by atoms with E-state index in [1.165, 1.54) is 4.88 Å². The maximum absolute atomic E-state index is 12.6. The topological polar surface area (TPSA) is 75.6 Å². The third-order valence-corrected chi connectivity index (χ3v) is 5.92. The third-order valence-electron chi connectivity index (χ3n) is 4.87. The lowest BCUT2D eigenvalue weighted by atomic mass is 9.88. The van der Waals surface area contributed by atoms with Crippen LogP contribution < -0.4 is 5.32 Å². The Labute approximate surface area is 140 Å². The maximum atomic E-state index is 12.6. The van der Waals surface area contributed by atoms with Crippen molar-refractivity contribution in [3.63, 3.8) is 0 Å². The minimum Gasteiger partial charge on any atom is -0.480 e. The summed E-state index contributed by atoms with van der Waals surface area (Å²) in [5.74, 6) is -0.732. The highest BCUT2D eigenvalue weighted by atomic mass is 32.1. The van der Waals surface area contributed by atoms with Crippen molar-refractivity contribution >= 4 is 23.2 Å². The molecule has 3 rings (SSSR count). The molecule has 1 saturated heterocycles. The van der Waals surface area contributed by atoms with Crippen molar-refractivity contribution in [3.8, 4) is 0 Å². The summed E-state index contributed by atoms with van der Waals surface area (Å²) in [4.78, 5) is 25.5. The molecule has 5 nitrogen and oxygen atoms in total. The molecule has 23 heavy (non-hydrogen) atoms. The molecule has 1 fully saturated rings. The molecule has 0 spiro atoms. The summed E-state index contributed by atoms with van der Waals surface area (Å²) in [6.07, 6.45) is 4.63. The third kappa shape index (κ3) is 3.58. The minimum absolute atomic E-state index is 0.153. The molecule has 0 saturated carbocycles. The van der Waals surface area contributed by atoms with E-state index in [1.54, 1.807) is 11.3 Å². The minimum atomic E-state index is -0.980. The Balaban J connectivity index is 1.73. The Hall–Kier alpha value is -1.40. The van der Waals surface area contributed by atoms with Gasteiger partial charge in [0.2, 0.25) is 0 Å². The monoisotopic (exact) mass is 337 g/mol. The summed E-state index contributed by atoms with van der Waals surface area (Å²) >= 11 is 1.62. The molecule has 1 amide bonds. The summed E-state index contributed by atoms with van der Waals surface area (Å²) < 4.78 is 5.38. The van der Waals surface area contributed by atoms with Crippen LogP contribution in [0.5, 0.6) is 0 Å². The molecule has 1 aliphatic carbocycles. The fourth-order valence-corrected chi connectivity index (χ4v) is 4.74. The van der Waals surface area contributed by atoms with E-state index in [-0.39, 0.29) is 11.8 Å².